The number of nitrogens with one attached hydrogen (secondary N) is 1. The van der Waals surface area contributed by atoms with Crippen molar-refractivity contribution in [1.82, 2.24) is 4.90 Å². The predicted octanol–water partition coefficient (Wildman–Crippen LogP) is 1.83. The molecular weight excluding hydrogens is 364 g/mol. The number of methoxy groups -OCH3 is 2. The lowest BCUT2D eigenvalue weighted by atomic mass is 9.81. The summed E-state index contributed by atoms with van der Waals surface area (Å²) in [6.07, 6.45) is 3.37. The number of nitrogens with zero attached hydrogens (tertiary/aromatic N) is 1. The Morgan fingerprint density at radius 3 is 2.36 bits per heavy atom. The van der Waals surface area contributed by atoms with Gasteiger partial charge in [0.2, 0.25) is 17.7 Å². The second kappa shape index (κ2) is 9.05. The number of rotatable bonds is 8. The van der Waals surface area contributed by atoms with Crippen LogP contribution in [0.2, 0.25) is 0 Å². The third-order valence-electron chi connectivity index (χ3n) is 5.23. The second-order valence-corrected chi connectivity index (χ2v) is 7.02. The van der Waals surface area contributed by atoms with E-state index in [1.807, 2.05) is 0 Å². The van der Waals surface area contributed by atoms with Crippen molar-refractivity contribution in [3.05, 3.63) is 18.2 Å². The van der Waals surface area contributed by atoms with Crippen molar-refractivity contribution in [1.29, 1.82) is 0 Å². The number of fused-ring (bicyclic) bond motifs is 1. The third kappa shape index (κ3) is 4.27. The number of benzene rings is 1. The lowest BCUT2D eigenvalue weighted by Gasteiger charge is -2.19. The minimum absolute atomic E-state index is 0.219. The number of imide groups is 1. The quantitative estimate of drug-likeness (QED) is 0.538. The Kier molecular flexibility index (Phi) is 6.51. The molecule has 2 aliphatic rings. The molecule has 1 N–H and O–H groups in total. The van der Waals surface area contributed by atoms with Crippen LogP contribution >= 0.6 is 0 Å². The van der Waals surface area contributed by atoms with Gasteiger partial charge in [0, 0.05) is 18.9 Å². The van der Waals surface area contributed by atoms with Gasteiger partial charge in [-0.15, -0.1) is 0 Å². The summed E-state index contributed by atoms with van der Waals surface area (Å²) in [5, 5.41) is 2.72. The van der Waals surface area contributed by atoms with Crippen LogP contribution in [0.4, 0.5) is 5.69 Å². The second-order valence-electron chi connectivity index (χ2n) is 7.02. The van der Waals surface area contributed by atoms with Gasteiger partial charge < -0.3 is 19.5 Å². The third-order valence-corrected chi connectivity index (χ3v) is 5.23. The smallest absolute Gasteiger partial charge is 0.244 e. The summed E-state index contributed by atoms with van der Waals surface area (Å²) < 4.78 is 15.8. The highest BCUT2D eigenvalue weighted by Gasteiger charge is 2.48. The molecule has 0 bridgehead atoms. The van der Waals surface area contributed by atoms with Crippen LogP contribution in [0.1, 0.15) is 25.7 Å². The normalized spacial score (nSPS) is 21.4. The minimum atomic E-state index is -0.423. The van der Waals surface area contributed by atoms with Crippen molar-refractivity contribution in [2.24, 2.45) is 11.8 Å². The fraction of sp³-hybridized carbons (Fsp3) is 0.550. The highest BCUT2D eigenvalue weighted by atomic mass is 16.5. The molecule has 1 heterocycles. The molecule has 2 fully saturated rings. The highest BCUT2D eigenvalue weighted by molar-refractivity contribution is 6.08. The van der Waals surface area contributed by atoms with Crippen molar-refractivity contribution in [2.75, 3.05) is 39.3 Å². The van der Waals surface area contributed by atoms with Gasteiger partial charge in [-0.25, -0.2) is 0 Å². The van der Waals surface area contributed by atoms with Crippen molar-refractivity contribution in [2.45, 2.75) is 25.7 Å². The fourth-order valence-electron chi connectivity index (χ4n) is 3.83. The molecule has 0 spiro atoms. The maximum absolute atomic E-state index is 12.5. The van der Waals surface area contributed by atoms with Gasteiger partial charge in [-0.1, -0.05) is 12.8 Å². The zero-order valence-corrected chi connectivity index (χ0v) is 16.2. The minimum Gasteiger partial charge on any atom is -0.493 e. The number of hydrogen-bond donors (Lipinski definition) is 1. The topological polar surface area (TPSA) is 94.2 Å². The first-order valence-electron chi connectivity index (χ1n) is 9.50. The van der Waals surface area contributed by atoms with E-state index in [0.29, 0.717) is 30.4 Å². The van der Waals surface area contributed by atoms with Gasteiger partial charge in [-0.05, 0) is 25.0 Å². The molecule has 1 saturated carbocycles. The Morgan fingerprint density at radius 1 is 1.07 bits per heavy atom. The van der Waals surface area contributed by atoms with Crippen LogP contribution in [0.25, 0.3) is 0 Å². The molecule has 1 saturated heterocycles. The number of carbonyl (C=O) groups is 3. The highest BCUT2D eigenvalue weighted by Crippen LogP contribution is 2.38. The average molecular weight is 390 g/mol. The summed E-state index contributed by atoms with van der Waals surface area (Å²) in [5.41, 5.74) is 0.495. The summed E-state index contributed by atoms with van der Waals surface area (Å²) in [6, 6.07) is 4.99. The average Bonchev–Trinajstić information content (AvgIpc) is 2.93. The van der Waals surface area contributed by atoms with Crippen molar-refractivity contribution in [3.8, 4) is 11.5 Å². The van der Waals surface area contributed by atoms with E-state index in [2.05, 4.69) is 5.32 Å². The molecule has 1 aliphatic carbocycles. The number of hydrogen-bond acceptors (Lipinski definition) is 6. The van der Waals surface area contributed by atoms with Gasteiger partial charge in [-0.2, -0.15) is 0 Å². The molecule has 1 aliphatic heterocycles. The van der Waals surface area contributed by atoms with Crippen LogP contribution in [0.5, 0.6) is 11.5 Å². The molecule has 0 aromatic heterocycles. The van der Waals surface area contributed by atoms with Crippen molar-refractivity contribution in [3.63, 3.8) is 0 Å². The first-order valence-corrected chi connectivity index (χ1v) is 9.50. The van der Waals surface area contributed by atoms with Crippen LogP contribution in [0.15, 0.2) is 18.2 Å². The molecule has 1 aromatic carbocycles. The summed E-state index contributed by atoms with van der Waals surface area (Å²) in [5.74, 6) is -0.369. The summed E-state index contributed by atoms with van der Waals surface area (Å²) in [7, 11) is 3.11. The van der Waals surface area contributed by atoms with Crippen LogP contribution in [-0.4, -0.2) is 56.6 Å². The molecule has 152 valence electrons. The van der Waals surface area contributed by atoms with Crippen LogP contribution in [0, 0.1) is 11.8 Å². The lowest BCUT2D eigenvalue weighted by Crippen LogP contribution is -2.38. The largest absolute Gasteiger partial charge is 0.493 e. The van der Waals surface area contributed by atoms with Gasteiger partial charge in [0.15, 0.2) is 11.5 Å². The first-order chi connectivity index (χ1) is 13.5. The summed E-state index contributed by atoms with van der Waals surface area (Å²) >= 11 is 0. The Labute approximate surface area is 164 Å². The van der Waals surface area contributed by atoms with E-state index in [1.165, 1.54) is 7.11 Å². The molecule has 28 heavy (non-hydrogen) atoms. The number of amides is 3. The van der Waals surface area contributed by atoms with E-state index in [4.69, 9.17) is 14.2 Å². The standard InChI is InChI=1S/C20H26N2O6/c1-26-9-10-28-17-11-13(7-8-16(17)27-2)21-18(23)12-22-19(24)14-5-3-4-6-15(14)20(22)25/h7-8,11,14-15H,3-6,9-10,12H2,1-2H3,(H,21,23). The van der Waals surface area contributed by atoms with E-state index in [-0.39, 0.29) is 30.2 Å². The van der Waals surface area contributed by atoms with Gasteiger partial charge in [0.1, 0.15) is 13.2 Å². The van der Waals surface area contributed by atoms with E-state index < -0.39 is 5.91 Å². The van der Waals surface area contributed by atoms with Gasteiger partial charge in [0.25, 0.3) is 0 Å². The summed E-state index contributed by atoms with van der Waals surface area (Å²) in [6.45, 7) is 0.488. The number of likely N-dealkylation sites (tertiary alicyclic amines) is 1. The zero-order chi connectivity index (χ0) is 20.1. The molecular formula is C20H26N2O6. The molecule has 0 radical (unpaired) electrons. The molecule has 2 atom stereocenters. The van der Waals surface area contributed by atoms with E-state index in [1.54, 1.807) is 25.3 Å². The maximum atomic E-state index is 12.5. The fourth-order valence-corrected chi connectivity index (χ4v) is 3.83. The van der Waals surface area contributed by atoms with Gasteiger partial charge >= 0.3 is 0 Å². The summed E-state index contributed by atoms with van der Waals surface area (Å²) in [4.78, 5) is 38.5. The Bertz CT molecular complexity index is 726. The van der Waals surface area contributed by atoms with E-state index in [9.17, 15) is 14.4 Å². The van der Waals surface area contributed by atoms with Crippen LogP contribution < -0.4 is 14.8 Å². The van der Waals surface area contributed by atoms with Gasteiger partial charge in [-0.3, -0.25) is 19.3 Å². The Balaban J connectivity index is 1.63. The van der Waals surface area contributed by atoms with Crippen molar-refractivity contribution < 1.29 is 28.6 Å². The monoisotopic (exact) mass is 390 g/mol. The molecule has 2 unspecified atom stereocenters. The number of ether oxygens (including phenoxy) is 3. The van der Waals surface area contributed by atoms with E-state index >= 15 is 0 Å². The lowest BCUT2D eigenvalue weighted by molar-refractivity contribution is -0.142. The molecule has 8 heteroatoms. The number of carbonyl (C=O) groups excluding carboxylic acids is 3. The first kappa shape index (κ1) is 20.1. The maximum Gasteiger partial charge on any atom is 0.244 e. The molecule has 1 aromatic rings. The van der Waals surface area contributed by atoms with E-state index in [0.717, 1.165) is 30.6 Å². The molecule has 3 amide bonds. The number of anilines is 1. The SMILES string of the molecule is COCCOc1cc(NC(=O)CN2C(=O)C3CCCCC3C2=O)ccc1OC. The predicted molar refractivity (Wildman–Crippen MR) is 101 cm³/mol. The van der Waals surface area contributed by atoms with Crippen molar-refractivity contribution >= 4 is 23.4 Å². The Hall–Kier alpha value is -2.61. The zero-order valence-electron chi connectivity index (χ0n) is 16.2. The van der Waals surface area contributed by atoms with Crippen LogP contribution in [0.3, 0.4) is 0 Å². The van der Waals surface area contributed by atoms with Gasteiger partial charge in [0.05, 0.1) is 25.6 Å². The Morgan fingerprint density at radius 2 is 1.75 bits per heavy atom. The molecule has 3 rings (SSSR count). The van der Waals surface area contributed by atoms with Crippen LogP contribution in [-0.2, 0) is 19.1 Å². The molecule has 8 nitrogen and oxygen atoms in total.